The molecule has 8 aromatic rings. The molecule has 0 fully saturated rings. The van der Waals surface area contributed by atoms with Gasteiger partial charge in [-0.15, -0.1) is 0 Å². The van der Waals surface area contributed by atoms with E-state index in [4.69, 9.17) is 9.97 Å². The largest absolute Gasteiger partial charge is 0.247 e. The lowest BCUT2D eigenvalue weighted by molar-refractivity contribution is 0.785. The first-order valence-electron chi connectivity index (χ1n) is 17.6. The Hall–Kier alpha value is -5.86. The van der Waals surface area contributed by atoms with Crippen molar-refractivity contribution in [2.24, 2.45) is 0 Å². The highest BCUT2D eigenvalue weighted by Gasteiger charge is 2.52. The number of nitrogens with zero attached hydrogens (tertiary/aromatic N) is 2. The van der Waals surface area contributed by atoms with Gasteiger partial charge in [0.1, 0.15) is 0 Å². The van der Waals surface area contributed by atoms with Gasteiger partial charge in [0.15, 0.2) is 0 Å². The maximum Gasteiger partial charge on any atom is 0.0744 e. The lowest BCUT2D eigenvalue weighted by atomic mass is 9.69. The van der Waals surface area contributed by atoms with Crippen LogP contribution in [0.2, 0.25) is 0 Å². The van der Waals surface area contributed by atoms with Gasteiger partial charge in [-0.1, -0.05) is 97.1 Å². The van der Waals surface area contributed by atoms with Gasteiger partial charge in [-0.3, -0.25) is 0 Å². The van der Waals surface area contributed by atoms with Gasteiger partial charge in [-0.2, -0.15) is 0 Å². The van der Waals surface area contributed by atoms with E-state index in [-0.39, 0.29) is 5.41 Å². The van der Waals surface area contributed by atoms with Crippen LogP contribution in [0, 0.1) is 0 Å². The molecular weight excluding hydrogens is 593 g/mol. The van der Waals surface area contributed by atoms with Crippen LogP contribution in [0.25, 0.3) is 66.6 Å². The van der Waals surface area contributed by atoms with Gasteiger partial charge in [0.25, 0.3) is 0 Å². The third-order valence-electron chi connectivity index (χ3n) is 12.0. The molecule has 12 rings (SSSR count). The monoisotopic (exact) mass is 622 g/mol. The zero-order chi connectivity index (χ0) is 31.8. The Bertz CT molecular complexity index is 2590. The topological polar surface area (TPSA) is 25.8 Å². The first kappa shape index (κ1) is 26.1. The fourth-order valence-electron chi connectivity index (χ4n) is 9.88. The van der Waals surface area contributed by atoms with Gasteiger partial charge in [0, 0.05) is 21.9 Å². The number of aryl methyl sites for hydroxylation is 4. The van der Waals surface area contributed by atoms with E-state index >= 15 is 0 Å². The van der Waals surface area contributed by atoms with Crippen molar-refractivity contribution in [3.8, 4) is 44.8 Å². The molecule has 2 nitrogen and oxygen atoms in total. The number of benzene rings is 6. The average Bonchev–Trinajstić information content (AvgIpc) is 3.61. The van der Waals surface area contributed by atoms with Crippen LogP contribution in [0.4, 0.5) is 0 Å². The molecule has 0 amide bonds. The molecule has 0 saturated carbocycles. The minimum Gasteiger partial charge on any atom is -0.247 e. The quantitative estimate of drug-likeness (QED) is 0.168. The number of para-hydroxylation sites is 2. The minimum atomic E-state index is -0.365. The van der Waals surface area contributed by atoms with Crippen molar-refractivity contribution in [2.45, 2.75) is 31.1 Å². The van der Waals surface area contributed by atoms with E-state index < -0.39 is 0 Å². The third kappa shape index (κ3) is 3.27. The summed E-state index contributed by atoms with van der Waals surface area (Å²) in [5.41, 5.74) is 23.2. The first-order chi connectivity index (χ1) is 24.3. The Balaban J connectivity index is 1.14. The summed E-state index contributed by atoms with van der Waals surface area (Å²) in [6.45, 7) is 0. The van der Waals surface area contributed by atoms with E-state index in [1.54, 1.807) is 0 Å². The molecule has 228 valence electrons. The van der Waals surface area contributed by atoms with Gasteiger partial charge in [-0.05, 0) is 129 Å². The summed E-state index contributed by atoms with van der Waals surface area (Å²) >= 11 is 0. The number of hydrogen-bond acceptors (Lipinski definition) is 2. The van der Waals surface area contributed by atoms with Crippen LogP contribution in [0.3, 0.4) is 0 Å². The Morgan fingerprint density at radius 2 is 0.776 bits per heavy atom. The molecule has 49 heavy (non-hydrogen) atoms. The fraction of sp³-hybridized carbons (Fsp3) is 0.106. The van der Waals surface area contributed by atoms with E-state index in [2.05, 4.69) is 133 Å². The minimum absolute atomic E-state index is 0.365. The Morgan fingerprint density at radius 1 is 0.347 bits per heavy atom. The highest BCUT2D eigenvalue weighted by Crippen LogP contribution is 2.64. The molecule has 0 aliphatic heterocycles. The molecule has 2 aromatic heterocycles. The van der Waals surface area contributed by atoms with Crippen molar-refractivity contribution in [2.75, 3.05) is 0 Å². The number of hydrogen-bond donors (Lipinski definition) is 0. The van der Waals surface area contributed by atoms with Crippen LogP contribution >= 0.6 is 0 Å². The van der Waals surface area contributed by atoms with E-state index in [0.29, 0.717) is 0 Å². The molecule has 0 radical (unpaired) electrons. The second kappa shape index (κ2) is 9.18. The van der Waals surface area contributed by atoms with E-state index in [0.717, 1.165) is 48.1 Å². The van der Waals surface area contributed by atoms with Crippen molar-refractivity contribution >= 4 is 21.8 Å². The number of pyridine rings is 2. The molecule has 4 aliphatic carbocycles. The van der Waals surface area contributed by atoms with Crippen molar-refractivity contribution in [3.63, 3.8) is 0 Å². The van der Waals surface area contributed by atoms with Crippen molar-refractivity contribution in [3.05, 3.63) is 178 Å². The molecule has 2 heteroatoms. The number of rotatable bonds is 0. The maximum absolute atomic E-state index is 5.28. The standard InChI is InChI=1S/C47H30N2/c1-7-15-43-29(9-1)21-31-19-17-27-23-41-37(25-35(27)45(31)48-43)33-11-3-5-13-39(33)47(41)40-14-6-4-12-34(40)38-26-36-28(24-42(38)47)18-20-32-22-30-10-2-8-16-44(30)49-46(32)36/h1-16,21-26H,17-20H2. The van der Waals surface area contributed by atoms with Crippen LogP contribution in [0.1, 0.15) is 44.5 Å². The van der Waals surface area contributed by atoms with E-state index in [1.165, 1.54) is 88.7 Å². The van der Waals surface area contributed by atoms with Gasteiger partial charge in [0.2, 0.25) is 0 Å². The molecule has 6 aromatic carbocycles. The average molecular weight is 623 g/mol. The maximum atomic E-state index is 5.28. The summed E-state index contributed by atoms with van der Waals surface area (Å²) in [7, 11) is 0. The predicted octanol–water partition coefficient (Wildman–Crippen LogP) is 10.7. The zero-order valence-electron chi connectivity index (χ0n) is 26.9. The number of aromatic nitrogens is 2. The zero-order valence-corrected chi connectivity index (χ0v) is 26.9. The smallest absolute Gasteiger partial charge is 0.0744 e. The van der Waals surface area contributed by atoms with Crippen LogP contribution in [-0.4, -0.2) is 9.97 Å². The Labute approximate surface area is 284 Å². The second-order valence-electron chi connectivity index (χ2n) is 14.3. The molecular formula is C47H30N2. The Morgan fingerprint density at radius 3 is 1.29 bits per heavy atom. The lowest BCUT2D eigenvalue weighted by Gasteiger charge is -2.32. The molecule has 0 N–H and O–H groups in total. The van der Waals surface area contributed by atoms with Gasteiger partial charge < -0.3 is 0 Å². The van der Waals surface area contributed by atoms with Crippen LogP contribution in [0.5, 0.6) is 0 Å². The van der Waals surface area contributed by atoms with E-state index in [9.17, 15) is 0 Å². The fourth-order valence-corrected chi connectivity index (χ4v) is 9.88. The summed E-state index contributed by atoms with van der Waals surface area (Å²) in [6, 6.07) is 50.3. The van der Waals surface area contributed by atoms with Crippen LogP contribution < -0.4 is 0 Å². The van der Waals surface area contributed by atoms with E-state index in [1.807, 2.05) is 0 Å². The molecule has 1 spiro atoms. The lowest BCUT2D eigenvalue weighted by Crippen LogP contribution is -2.26. The van der Waals surface area contributed by atoms with Crippen LogP contribution in [-0.2, 0) is 31.1 Å². The molecule has 4 aliphatic rings. The second-order valence-corrected chi connectivity index (χ2v) is 14.3. The van der Waals surface area contributed by atoms with Crippen molar-refractivity contribution in [1.82, 2.24) is 9.97 Å². The van der Waals surface area contributed by atoms with Crippen molar-refractivity contribution < 1.29 is 0 Å². The number of fused-ring (bicyclic) bond motifs is 18. The molecule has 0 unspecified atom stereocenters. The molecule has 0 saturated heterocycles. The summed E-state index contributed by atoms with van der Waals surface area (Å²) in [6.07, 6.45) is 4.08. The normalized spacial score (nSPS) is 15.2. The van der Waals surface area contributed by atoms with Crippen LogP contribution in [0.15, 0.2) is 133 Å². The first-order valence-corrected chi connectivity index (χ1v) is 17.6. The molecule has 0 atom stereocenters. The summed E-state index contributed by atoms with van der Waals surface area (Å²) in [4.78, 5) is 10.6. The summed E-state index contributed by atoms with van der Waals surface area (Å²) < 4.78 is 0. The third-order valence-corrected chi connectivity index (χ3v) is 12.0. The van der Waals surface area contributed by atoms with Gasteiger partial charge in [-0.25, -0.2) is 9.97 Å². The van der Waals surface area contributed by atoms with Gasteiger partial charge >= 0.3 is 0 Å². The Kier molecular flexibility index (Phi) is 4.90. The highest BCUT2D eigenvalue weighted by molar-refractivity contribution is 5.99. The van der Waals surface area contributed by atoms with Gasteiger partial charge in [0.05, 0.1) is 27.8 Å². The van der Waals surface area contributed by atoms with Crippen molar-refractivity contribution in [1.29, 1.82) is 0 Å². The summed E-state index contributed by atoms with van der Waals surface area (Å²) in [5.74, 6) is 0. The predicted molar refractivity (Wildman–Crippen MR) is 199 cm³/mol. The summed E-state index contributed by atoms with van der Waals surface area (Å²) in [5, 5.41) is 2.45. The molecule has 0 bridgehead atoms. The highest BCUT2D eigenvalue weighted by atomic mass is 14.7. The SMILES string of the molecule is c1ccc2c(c1)-c1cc3c(cc1C21c2ccccc2-c2cc4c(cc21)CCc1cc2ccccc2nc1-4)CCc1cc2ccccc2nc1-3. The molecule has 2 heterocycles.